The minimum absolute atomic E-state index is 0.490. The fourth-order valence-corrected chi connectivity index (χ4v) is 2.04. The predicted molar refractivity (Wildman–Crippen MR) is 77.6 cm³/mol. The maximum Gasteiger partial charge on any atom is 0.131 e. The molecule has 0 radical (unpaired) electrons. The minimum atomic E-state index is 0.490. The molecule has 0 aliphatic rings. The van der Waals surface area contributed by atoms with E-state index >= 15 is 0 Å². The molecule has 2 N–H and O–H groups in total. The van der Waals surface area contributed by atoms with Gasteiger partial charge in [-0.25, -0.2) is 9.97 Å². The van der Waals surface area contributed by atoms with Crippen LogP contribution in [0.1, 0.15) is 18.3 Å². The van der Waals surface area contributed by atoms with Gasteiger partial charge in [0.15, 0.2) is 0 Å². The summed E-state index contributed by atoms with van der Waals surface area (Å²) in [6.45, 7) is 3.88. The van der Waals surface area contributed by atoms with Gasteiger partial charge in [-0.2, -0.15) is 0 Å². The maximum absolute atomic E-state index is 6.06. The van der Waals surface area contributed by atoms with Crippen molar-refractivity contribution in [3.63, 3.8) is 0 Å². The fraction of sp³-hybridized carbons (Fsp3) is 0.286. The Kier molecular flexibility index (Phi) is 3.90. The summed E-state index contributed by atoms with van der Waals surface area (Å²) in [6.07, 6.45) is 0.723. The number of halogens is 1. The van der Waals surface area contributed by atoms with Crippen molar-refractivity contribution >= 4 is 17.4 Å². The van der Waals surface area contributed by atoms with Gasteiger partial charge in [0.2, 0.25) is 0 Å². The zero-order valence-electron chi connectivity index (χ0n) is 11.2. The summed E-state index contributed by atoms with van der Waals surface area (Å²) >= 11 is 6.06. The maximum atomic E-state index is 6.06. The number of hydrogen-bond donors (Lipinski definition) is 1. The Bertz CT molecular complexity index is 614. The monoisotopic (exact) mass is 277 g/mol. The summed E-state index contributed by atoms with van der Waals surface area (Å²) in [4.78, 5) is 8.79. The molecule has 2 aromatic rings. The van der Waals surface area contributed by atoms with Gasteiger partial charge >= 0.3 is 0 Å². The molecule has 1 aromatic carbocycles. The topological polar surface area (TPSA) is 61.0 Å². The van der Waals surface area contributed by atoms with Crippen molar-refractivity contribution in [3.8, 4) is 17.0 Å². The van der Waals surface area contributed by atoms with E-state index < -0.39 is 0 Å². The van der Waals surface area contributed by atoms with Crippen LogP contribution >= 0.6 is 11.6 Å². The third kappa shape index (κ3) is 2.63. The number of rotatable bonds is 3. The number of aryl methyl sites for hydroxylation is 1. The number of hydrogen-bond acceptors (Lipinski definition) is 4. The Morgan fingerprint density at radius 2 is 2.05 bits per heavy atom. The van der Waals surface area contributed by atoms with Crippen LogP contribution in [-0.2, 0) is 6.42 Å². The molecular weight excluding hydrogens is 262 g/mol. The molecule has 100 valence electrons. The van der Waals surface area contributed by atoms with Gasteiger partial charge in [0, 0.05) is 22.6 Å². The standard InChI is InChI=1S/C14H16ClN3O/c1-4-12-17-13(8(2)14(16)18-12)10-7-9(15)5-6-11(10)19-3/h5-7H,4H2,1-3H3,(H2,16,17,18). The van der Waals surface area contributed by atoms with Crippen molar-refractivity contribution in [2.45, 2.75) is 20.3 Å². The van der Waals surface area contributed by atoms with Gasteiger partial charge in [-0.1, -0.05) is 18.5 Å². The van der Waals surface area contributed by atoms with Crippen molar-refractivity contribution in [2.75, 3.05) is 12.8 Å². The first-order valence-corrected chi connectivity index (χ1v) is 6.41. The molecule has 4 nitrogen and oxygen atoms in total. The first kappa shape index (κ1) is 13.6. The number of methoxy groups -OCH3 is 1. The van der Waals surface area contributed by atoms with Crippen LogP contribution in [0.15, 0.2) is 18.2 Å². The molecule has 0 aliphatic carbocycles. The van der Waals surface area contributed by atoms with Crippen LogP contribution in [0.2, 0.25) is 5.02 Å². The summed E-state index contributed by atoms with van der Waals surface area (Å²) in [5, 5.41) is 0.630. The third-order valence-corrected chi connectivity index (χ3v) is 3.20. The minimum Gasteiger partial charge on any atom is -0.496 e. The lowest BCUT2D eigenvalue weighted by Crippen LogP contribution is -2.04. The quantitative estimate of drug-likeness (QED) is 0.935. The van der Waals surface area contributed by atoms with Gasteiger partial charge in [-0.3, -0.25) is 0 Å². The van der Waals surface area contributed by atoms with E-state index in [1.165, 1.54) is 0 Å². The van der Waals surface area contributed by atoms with Crippen molar-refractivity contribution < 1.29 is 4.74 Å². The van der Waals surface area contributed by atoms with Gasteiger partial charge < -0.3 is 10.5 Å². The molecule has 0 saturated carbocycles. The lowest BCUT2D eigenvalue weighted by atomic mass is 10.1. The Labute approximate surface area is 117 Å². The summed E-state index contributed by atoms with van der Waals surface area (Å²) in [5.74, 6) is 1.91. The van der Waals surface area contributed by atoms with Crippen LogP contribution in [-0.4, -0.2) is 17.1 Å². The number of nitrogen functional groups attached to an aromatic ring is 1. The second-order valence-electron chi connectivity index (χ2n) is 4.20. The van der Waals surface area contributed by atoms with Gasteiger partial charge in [-0.15, -0.1) is 0 Å². The third-order valence-electron chi connectivity index (χ3n) is 2.96. The normalized spacial score (nSPS) is 10.5. The zero-order chi connectivity index (χ0) is 14.0. The number of benzene rings is 1. The van der Waals surface area contributed by atoms with Crippen LogP contribution in [0.25, 0.3) is 11.3 Å². The van der Waals surface area contributed by atoms with E-state index in [4.69, 9.17) is 22.1 Å². The summed E-state index contributed by atoms with van der Waals surface area (Å²) in [6, 6.07) is 5.43. The summed E-state index contributed by atoms with van der Waals surface area (Å²) in [7, 11) is 1.62. The van der Waals surface area contributed by atoms with E-state index in [0.717, 1.165) is 23.2 Å². The van der Waals surface area contributed by atoms with Crippen LogP contribution < -0.4 is 10.5 Å². The molecule has 1 heterocycles. The van der Waals surface area contributed by atoms with Crippen molar-refractivity contribution in [3.05, 3.63) is 34.6 Å². The average Bonchev–Trinajstić information content (AvgIpc) is 2.41. The summed E-state index contributed by atoms with van der Waals surface area (Å²) in [5.41, 5.74) is 8.37. The van der Waals surface area contributed by atoms with Crippen LogP contribution in [0.4, 0.5) is 5.82 Å². The number of aromatic nitrogens is 2. The van der Waals surface area contributed by atoms with E-state index in [1.807, 2.05) is 26.0 Å². The number of ether oxygens (including phenoxy) is 1. The largest absolute Gasteiger partial charge is 0.496 e. The fourth-order valence-electron chi connectivity index (χ4n) is 1.87. The molecule has 0 aliphatic heterocycles. The number of nitrogens with two attached hydrogens (primary N) is 1. The second-order valence-corrected chi connectivity index (χ2v) is 4.63. The van der Waals surface area contributed by atoms with Crippen molar-refractivity contribution in [1.29, 1.82) is 0 Å². The number of anilines is 1. The highest BCUT2D eigenvalue weighted by Crippen LogP contribution is 2.34. The molecule has 0 unspecified atom stereocenters. The van der Waals surface area contributed by atoms with E-state index in [-0.39, 0.29) is 0 Å². The van der Waals surface area contributed by atoms with E-state index in [9.17, 15) is 0 Å². The smallest absolute Gasteiger partial charge is 0.131 e. The molecule has 19 heavy (non-hydrogen) atoms. The van der Waals surface area contributed by atoms with E-state index in [0.29, 0.717) is 22.4 Å². The SMILES string of the molecule is CCc1nc(N)c(C)c(-c2cc(Cl)ccc2OC)n1. The van der Waals surface area contributed by atoms with Crippen molar-refractivity contribution in [1.82, 2.24) is 9.97 Å². The predicted octanol–water partition coefficient (Wildman–Crippen LogP) is 3.26. The molecule has 0 amide bonds. The first-order valence-electron chi connectivity index (χ1n) is 6.03. The Balaban J connectivity index is 2.70. The van der Waals surface area contributed by atoms with Gasteiger partial charge in [0.25, 0.3) is 0 Å². The Morgan fingerprint density at radius 1 is 1.32 bits per heavy atom. The van der Waals surface area contributed by atoms with Crippen LogP contribution in [0.3, 0.4) is 0 Å². The Morgan fingerprint density at radius 3 is 2.68 bits per heavy atom. The molecule has 0 spiro atoms. The number of nitrogens with zero attached hydrogens (tertiary/aromatic N) is 2. The van der Waals surface area contributed by atoms with Crippen molar-refractivity contribution in [2.24, 2.45) is 0 Å². The molecule has 5 heteroatoms. The molecule has 0 fully saturated rings. The highest BCUT2D eigenvalue weighted by atomic mass is 35.5. The average molecular weight is 278 g/mol. The summed E-state index contributed by atoms with van der Waals surface area (Å²) < 4.78 is 5.36. The molecule has 0 bridgehead atoms. The Hall–Kier alpha value is -1.81. The van der Waals surface area contributed by atoms with Crippen LogP contribution in [0, 0.1) is 6.92 Å². The lowest BCUT2D eigenvalue weighted by Gasteiger charge is -2.13. The van der Waals surface area contributed by atoms with Gasteiger partial charge in [0.1, 0.15) is 17.4 Å². The van der Waals surface area contributed by atoms with E-state index in [1.54, 1.807) is 13.2 Å². The van der Waals surface area contributed by atoms with Crippen LogP contribution in [0.5, 0.6) is 5.75 Å². The van der Waals surface area contributed by atoms with Gasteiger partial charge in [-0.05, 0) is 25.1 Å². The second kappa shape index (κ2) is 5.45. The van der Waals surface area contributed by atoms with E-state index in [2.05, 4.69) is 9.97 Å². The molecule has 0 atom stereocenters. The highest BCUT2D eigenvalue weighted by molar-refractivity contribution is 6.31. The first-order chi connectivity index (χ1) is 9.06. The molecule has 1 aromatic heterocycles. The highest BCUT2D eigenvalue weighted by Gasteiger charge is 2.14. The molecule has 0 saturated heterocycles. The van der Waals surface area contributed by atoms with Gasteiger partial charge in [0.05, 0.1) is 12.8 Å². The zero-order valence-corrected chi connectivity index (χ0v) is 12.0. The lowest BCUT2D eigenvalue weighted by molar-refractivity contribution is 0.416. The molecular formula is C14H16ClN3O. The molecule has 2 rings (SSSR count).